The van der Waals surface area contributed by atoms with E-state index in [0.29, 0.717) is 30.7 Å². The van der Waals surface area contributed by atoms with E-state index >= 15 is 0 Å². The van der Waals surface area contributed by atoms with Gasteiger partial charge in [-0.3, -0.25) is 4.79 Å². The molecule has 0 saturated carbocycles. The zero-order valence-corrected chi connectivity index (χ0v) is 19.4. The van der Waals surface area contributed by atoms with Gasteiger partial charge in [0.1, 0.15) is 5.60 Å². The highest BCUT2D eigenvalue weighted by atomic mass is 32.1. The molecule has 0 aromatic carbocycles. The molecule has 166 valence electrons. The lowest BCUT2D eigenvalue weighted by Gasteiger charge is -2.19. The summed E-state index contributed by atoms with van der Waals surface area (Å²) in [6.07, 6.45) is 1.82. The van der Waals surface area contributed by atoms with Gasteiger partial charge in [0.25, 0.3) is 5.91 Å². The van der Waals surface area contributed by atoms with Crippen LogP contribution in [0.15, 0.2) is 29.8 Å². The second-order valence-electron chi connectivity index (χ2n) is 8.49. The Morgan fingerprint density at radius 2 is 1.97 bits per heavy atom. The summed E-state index contributed by atoms with van der Waals surface area (Å²) >= 11 is 1.58. The predicted molar refractivity (Wildman–Crippen MR) is 122 cm³/mol. The second kappa shape index (κ2) is 9.47. The molecule has 3 aromatic heterocycles. The lowest BCUT2D eigenvalue weighted by molar-refractivity contribution is 0.0527. The molecule has 8 nitrogen and oxygen atoms in total. The highest BCUT2D eigenvalue weighted by Gasteiger charge is 2.19. The SMILES string of the molecule is CC(C)n1ncc2c(C(=O)NCCCNC(=O)OC(C)(C)C)cc(-c3cccs3)nc21. The van der Waals surface area contributed by atoms with Gasteiger partial charge < -0.3 is 15.4 Å². The number of alkyl carbamates (subject to hydrolysis) is 1. The van der Waals surface area contributed by atoms with Crippen LogP contribution < -0.4 is 10.6 Å². The van der Waals surface area contributed by atoms with Gasteiger partial charge in [0.05, 0.1) is 27.7 Å². The normalized spacial score (nSPS) is 11.7. The van der Waals surface area contributed by atoms with Gasteiger partial charge in [-0.15, -0.1) is 11.3 Å². The molecule has 3 rings (SSSR count). The van der Waals surface area contributed by atoms with Crippen molar-refractivity contribution in [3.63, 3.8) is 0 Å². The Hall–Kier alpha value is -2.94. The zero-order valence-electron chi connectivity index (χ0n) is 18.6. The maximum absolute atomic E-state index is 13.0. The lowest BCUT2D eigenvalue weighted by atomic mass is 10.1. The summed E-state index contributed by atoms with van der Waals surface area (Å²) in [5.74, 6) is -0.189. The van der Waals surface area contributed by atoms with Gasteiger partial charge in [-0.25, -0.2) is 14.5 Å². The molecular weight excluding hydrogens is 414 g/mol. The summed E-state index contributed by atoms with van der Waals surface area (Å²) in [6, 6.07) is 5.88. The highest BCUT2D eigenvalue weighted by Crippen LogP contribution is 2.28. The van der Waals surface area contributed by atoms with E-state index in [9.17, 15) is 9.59 Å². The smallest absolute Gasteiger partial charge is 0.407 e. The van der Waals surface area contributed by atoms with Crippen molar-refractivity contribution < 1.29 is 14.3 Å². The van der Waals surface area contributed by atoms with E-state index in [1.165, 1.54) is 0 Å². The summed E-state index contributed by atoms with van der Waals surface area (Å²) in [5, 5.41) is 12.8. The minimum atomic E-state index is -0.536. The average Bonchev–Trinajstić information content (AvgIpc) is 3.35. The number of thiophene rings is 1. The second-order valence-corrected chi connectivity index (χ2v) is 9.44. The van der Waals surface area contributed by atoms with Crippen LogP contribution in [0.1, 0.15) is 57.4 Å². The molecule has 2 N–H and O–H groups in total. The van der Waals surface area contributed by atoms with Crippen LogP contribution in [0.4, 0.5) is 4.79 Å². The molecule has 0 aliphatic carbocycles. The molecule has 2 amide bonds. The van der Waals surface area contributed by atoms with Crippen LogP contribution in [0.2, 0.25) is 0 Å². The van der Waals surface area contributed by atoms with E-state index in [4.69, 9.17) is 9.72 Å². The number of amides is 2. The topological polar surface area (TPSA) is 98.1 Å². The average molecular weight is 444 g/mol. The Morgan fingerprint density at radius 3 is 2.61 bits per heavy atom. The first-order valence-corrected chi connectivity index (χ1v) is 11.2. The van der Waals surface area contributed by atoms with Crippen molar-refractivity contribution in [2.75, 3.05) is 13.1 Å². The van der Waals surface area contributed by atoms with E-state index in [0.717, 1.165) is 16.0 Å². The first-order chi connectivity index (χ1) is 14.7. The van der Waals surface area contributed by atoms with Gasteiger partial charge in [0.2, 0.25) is 0 Å². The van der Waals surface area contributed by atoms with Crippen LogP contribution in [-0.2, 0) is 4.74 Å². The van der Waals surface area contributed by atoms with Crippen LogP contribution >= 0.6 is 11.3 Å². The van der Waals surface area contributed by atoms with Gasteiger partial charge in [-0.1, -0.05) is 6.07 Å². The van der Waals surface area contributed by atoms with E-state index in [1.807, 2.05) is 62.9 Å². The quantitative estimate of drug-likeness (QED) is 0.528. The number of nitrogens with zero attached hydrogens (tertiary/aromatic N) is 3. The van der Waals surface area contributed by atoms with Crippen molar-refractivity contribution in [1.29, 1.82) is 0 Å². The van der Waals surface area contributed by atoms with Gasteiger partial charge in [0, 0.05) is 19.1 Å². The Morgan fingerprint density at radius 1 is 1.23 bits per heavy atom. The molecule has 9 heteroatoms. The van der Waals surface area contributed by atoms with Crippen LogP contribution in [-0.4, -0.2) is 45.5 Å². The van der Waals surface area contributed by atoms with Crippen LogP contribution in [0.5, 0.6) is 0 Å². The van der Waals surface area contributed by atoms with Crippen LogP contribution in [0, 0.1) is 0 Å². The first-order valence-electron chi connectivity index (χ1n) is 10.3. The third-order valence-electron chi connectivity index (χ3n) is 4.38. The van der Waals surface area contributed by atoms with Crippen molar-refractivity contribution in [3.05, 3.63) is 35.3 Å². The highest BCUT2D eigenvalue weighted by molar-refractivity contribution is 7.13. The molecule has 31 heavy (non-hydrogen) atoms. The fraction of sp³-hybridized carbons (Fsp3) is 0.455. The van der Waals surface area contributed by atoms with Gasteiger partial charge in [-0.2, -0.15) is 5.10 Å². The molecule has 0 aliphatic heterocycles. The molecule has 0 spiro atoms. The minimum absolute atomic E-state index is 0.124. The van der Waals surface area contributed by atoms with Crippen molar-refractivity contribution in [3.8, 4) is 10.6 Å². The monoisotopic (exact) mass is 443 g/mol. The summed E-state index contributed by atoms with van der Waals surface area (Å²) in [5.41, 5.74) is 1.45. The molecule has 0 saturated heterocycles. The minimum Gasteiger partial charge on any atom is -0.444 e. The molecule has 0 radical (unpaired) electrons. The van der Waals surface area contributed by atoms with E-state index in [-0.39, 0.29) is 11.9 Å². The summed E-state index contributed by atoms with van der Waals surface area (Å²) in [4.78, 5) is 30.4. The standard InChI is InChI=1S/C22H29N5O3S/c1-14(2)27-19-16(13-25-27)15(12-17(26-19)18-8-6-11-31-18)20(28)23-9-7-10-24-21(29)30-22(3,4)5/h6,8,11-14H,7,9-10H2,1-5H3,(H,23,28)(H,24,29). The number of pyridine rings is 1. The molecule has 0 fully saturated rings. The number of hydrogen-bond acceptors (Lipinski definition) is 6. The maximum Gasteiger partial charge on any atom is 0.407 e. The largest absolute Gasteiger partial charge is 0.444 e. The van der Waals surface area contributed by atoms with Gasteiger partial charge in [-0.05, 0) is 58.6 Å². The Kier molecular flexibility index (Phi) is 6.94. The zero-order chi connectivity index (χ0) is 22.6. The van der Waals surface area contributed by atoms with Crippen LogP contribution in [0.25, 0.3) is 21.6 Å². The summed E-state index contributed by atoms with van der Waals surface area (Å²) in [7, 11) is 0. The van der Waals surface area contributed by atoms with Crippen LogP contribution in [0.3, 0.4) is 0 Å². The summed E-state index contributed by atoms with van der Waals surface area (Å²) in [6.45, 7) is 10.3. The Bertz CT molecular complexity index is 1050. The van der Waals surface area contributed by atoms with Crippen molar-refractivity contribution >= 4 is 34.4 Å². The number of fused-ring (bicyclic) bond motifs is 1. The first kappa shape index (κ1) is 22.7. The molecule has 3 heterocycles. The van der Waals surface area contributed by atoms with Crippen molar-refractivity contribution in [2.24, 2.45) is 0 Å². The predicted octanol–water partition coefficient (Wildman–Crippen LogP) is 4.39. The number of carbonyl (C=O) groups is 2. The van der Waals surface area contributed by atoms with Gasteiger partial charge >= 0.3 is 6.09 Å². The Balaban J connectivity index is 1.70. The lowest BCUT2D eigenvalue weighted by Crippen LogP contribution is -2.34. The number of hydrogen-bond donors (Lipinski definition) is 2. The molecule has 3 aromatic rings. The van der Waals surface area contributed by atoms with Crippen molar-refractivity contribution in [1.82, 2.24) is 25.4 Å². The molecule has 0 aliphatic rings. The van der Waals surface area contributed by atoms with E-state index < -0.39 is 11.7 Å². The van der Waals surface area contributed by atoms with Gasteiger partial charge in [0.15, 0.2) is 5.65 Å². The maximum atomic E-state index is 13.0. The molecule has 0 unspecified atom stereocenters. The fourth-order valence-electron chi connectivity index (χ4n) is 3.02. The number of nitrogens with one attached hydrogen (secondary N) is 2. The van der Waals surface area contributed by atoms with Crippen molar-refractivity contribution in [2.45, 2.75) is 52.7 Å². The van der Waals surface area contributed by atoms with E-state index in [2.05, 4.69) is 15.7 Å². The molecule has 0 atom stereocenters. The number of ether oxygens (including phenoxy) is 1. The fourth-order valence-corrected chi connectivity index (χ4v) is 3.71. The van der Waals surface area contributed by atoms with E-state index in [1.54, 1.807) is 17.5 Å². The number of carbonyl (C=O) groups excluding carboxylic acids is 2. The number of aromatic nitrogens is 3. The Labute approximate surface area is 186 Å². The molecular formula is C22H29N5O3S. The third-order valence-corrected chi connectivity index (χ3v) is 5.27. The third kappa shape index (κ3) is 5.81. The number of rotatable bonds is 7. The molecule has 0 bridgehead atoms. The summed E-state index contributed by atoms with van der Waals surface area (Å²) < 4.78 is 7.03.